The minimum atomic E-state index is -1.14. The number of halogens is 4. The summed E-state index contributed by atoms with van der Waals surface area (Å²) in [5.74, 6) is -2.53. The second-order valence-corrected chi connectivity index (χ2v) is 8.43. The monoisotopic (exact) mass is 517 g/mol. The number of carbonyl (C=O) groups is 1. The van der Waals surface area contributed by atoms with E-state index in [2.05, 4.69) is 4.99 Å². The van der Waals surface area contributed by atoms with Crippen LogP contribution >= 0.6 is 23.2 Å². The number of rotatable bonds is 7. The SMILES string of the molecule is CCOc1cc(/C=C2\N=C(c3cc(F)c(F)cc3Cl)OC2=O)cc(Cl)c1OCc1ccc(C)cc1. The highest BCUT2D eigenvalue weighted by Gasteiger charge is 2.27. The average Bonchev–Trinajstić information content (AvgIpc) is 3.17. The average molecular weight is 518 g/mol. The van der Waals surface area contributed by atoms with Crippen molar-refractivity contribution in [3.05, 3.63) is 98.2 Å². The van der Waals surface area contributed by atoms with Gasteiger partial charge >= 0.3 is 5.97 Å². The highest BCUT2D eigenvalue weighted by Crippen LogP contribution is 2.38. The first-order valence-electron chi connectivity index (χ1n) is 10.6. The fourth-order valence-corrected chi connectivity index (χ4v) is 3.79. The summed E-state index contributed by atoms with van der Waals surface area (Å²) in [4.78, 5) is 16.5. The minimum Gasteiger partial charge on any atom is -0.490 e. The third-order valence-corrected chi connectivity index (χ3v) is 5.59. The van der Waals surface area contributed by atoms with E-state index in [1.807, 2.05) is 38.1 Å². The van der Waals surface area contributed by atoms with Crippen LogP contribution in [0.2, 0.25) is 10.0 Å². The molecule has 4 rings (SSSR count). The summed E-state index contributed by atoms with van der Waals surface area (Å²) in [5.41, 5.74) is 2.48. The molecule has 180 valence electrons. The second-order valence-electron chi connectivity index (χ2n) is 7.62. The lowest BCUT2D eigenvalue weighted by Crippen LogP contribution is -2.07. The topological polar surface area (TPSA) is 57.1 Å². The molecule has 0 N–H and O–H groups in total. The Balaban J connectivity index is 1.63. The number of aliphatic imine (C=N–C) groups is 1. The van der Waals surface area contributed by atoms with Crippen molar-refractivity contribution in [3.8, 4) is 11.5 Å². The van der Waals surface area contributed by atoms with Crippen molar-refractivity contribution >= 4 is 41.1 Å². The van der Waals surface area contributed by atoms with Crippen molar-refractivity contribution in [2.24, 2.45) is 4.99 Å². The van der Waals surface area contributed by atoms with Crippen LogP contribution in [0, 0.1) is 18.6 Å². The Morgan fingerprint density at radius 3 is 2.43 bits per heavy atom. The number of esters is 1. The van der Waals surface area contributed by atoms with E-state index in [4.69, 9.17) is 37.4 Å². The smallest absolute Gasteiger partial charge is 0.363 e. The fourth-order valence-electron chi connectivity index (χ4n) is 3.28. The van der Waals surface area contributed by atoms with Crippen LogP contribution < -0.4 is 9.47 Å². The van der Waals surface area contributed by atoms with E-state index in [0.717, 1.165) is 23.3 Å². The molecule has 0 spiro atoms. The molecular formula is C26H19Cl2F2NO4. The molecule has 0 fully saturated rings. The van der Waals surface area contributed by atoms with Gasteiger partial charge in [-0.2, -0.15) is 0 Å². The zero-order valence-corrected chi connectivity index (χ0v) is 20.2. The number of carbonyl (C=O) groups excluding carboxylic acids is 1. The lowest BCUT2D eigenvalue weighted by atomic mass is 10.1. The van der Waals surface area contributed by atoms with Gasteiger partial charge < -0.3 is 14.2 Å². The molecule has 0 atom stereocenters. The summed E-state index contributed by atoms with van der Waals surface area (Å²) >= 11 is 12.4. The fraction of sp³-hybridized carbons (Fsp3) is 0.154. The van der Waals surface area contributed by atoms with Crippen molar-refractivity contribution in [1.82, 2.24) is 0 Å². The molecule has 1 aliphatic rings. The van der Waals surface area contributed by atoms with Gasteiger partial charge in [-0.15, -0.1) is 0 Å². The molecule has 3 aromatic rings. The van der Waals surface area contributed by atoms with Crippen LogP contribution in [-0.2, 0) is 16.1 Å². The van der Waals surface area contributed by atoms with Crippen molar-refractivity contribution in [1.29, 1.82) is 0 Å². The molecule has 0 unspecified atom stereocenters. The number of hydrogen-bond acceptors (Lipinski definition) is 5. The van der Waals surface area contributed by atoms with Gasteiger partial charge in [0.15, 0.2) is 28.8 Å². The summed E-state index contributed by atoms with van der Waals surface area (Å²) in [5, 5.41) is 0.127. The number of cyclic esters (lactones) is 1. The summed E-state index contributed by atoms with van der Waals surface area (Å²) in [7, 11) is 0. The zero-order chi connectivity index (χ0) is 25.1. The molecule has 5 nitrogen and oxygen atoms in total. The van der Waals surface area contributed by atoms with Gasteiger partial charge in [-0.05, 0) is 55.3 Å². The van der Waals surface area contributed by atoms with E-state index >= 15 is 0 Å². The predicted molar refractivity (Wildman–Crippen MR) is 130 cm³/mol. The van der Waals surface area contributed by atoms with E-state index in [1.165, 1.54) is 6.08 Å². The minimum absolute atomic E-state index is 0.0461. The van der Waals surface area contributed by atoms with E-state index in [9.17, 15) is 13.6 Å². The van der Waals surface area contributed by atoms with E-state index < -0.39 is 17.6 Å². The quantitative estimate of drug-likeness (QED) is 0.194. The predicted octanol–water partition coefficient (Wildman–Crippen LogP) is 6.90. The number of ether oxygens (including phenoxy) is 3. The van der Waals surface area contributed by atoms with Gasteiger partial charge in [-0.1, -0.05) is 53.0 Å². The second kappa shape index (κ2) is 10.5. The molecule has 9 heteroatoms. The van der Waals surface area contributed by atoms with Gasteiger partial charge in [0.2, 0.25) is 5.90 Å². The van der Waals surface area contributed by atoms with Gasteiger partial charge in [0, 0.05) is 0 Å². The Kier molecular flexibility index (Phi) is 7.38. The molecule has 0 amide bonds. The van der Waals surface area contributed by atoms with Crippen molar-refractivity contribution in [2.45, 2.75) is 20.5 Å². The number of nitrogens with zero attached hydrogens (tertiary/aromatic N) is 1. The standard InChI is InChI=1S/C26H19Cl2F2NO4/c1-3-33-23-10-16(8-19(28)24(23)34-13-15-6-4-14(2)5-7-15)9-22-26(32)35-25(31-22)17-11-20(29)21(30)12-18(17)27/h4-12H,3,13H2,1-2H3/b22-9-. The lowest BCUT2D eigenvalue weighted by molar-refractivity contribution is -0.129. The first kappa shape index (κ1) is 24.7. The molecule has 3 aromatic carbocycles. The van der Waals surface area contributed by atoms with Gasteiger partial charge in [0.25, 0.3) is 0 Å². The maximum atomic E-state index is 13.7. The first-order chi connectivity index (χ1) is 16.7. The largest absolute Gasteiger partial charge is 0.490 e. The first-order valence-corrected chi connectivity index (χ1v) is 11.3. The van der Waals surface area contributed by atoms with Crippen LogP contribution in [0.5, 0.6) is 11.5 Å². The van der Waals surface area contributed by atoms with E-state index in [-0.39, 0.29) is 33.8 Å². The Labute approximate surface area is 210 Å². The number of aryl methyl sites for hydroxylation is 1. The summed E-state index contributed by atoms with van der Waals surface area (Å²) in [6.07, 6.45) is 1.43. The molecule has 0 bridgehead atoms. The Morgan fingerprint density at radius 2 is 1.71 bits per heavy atom. The van der Waals surface area contributed by atoms with Crippen LogP contribution in [0.3, 0.4) is 0 Å². The normalized spacial score (nSPS) is 14.2. The molecule has 1 aliphatic heterocycles. The van der Waals surface area contributed by atoms with Crippen LogP contribution in [-0.4, -0.2) is 18.5 Å². The van der Waals surface area contributed by atoms with Crippen molar-refractivity contribution < 1.29 is 27.8 Å². The molecule has 0 aromatic heterocycles. The van der Waals surface area contributed by atoms with E-state index in [0.29, 0.717) is 23.7 Å². The molecule has 0 saturated heterocycles. The molecular weight excluding hydrogens is 499 g/mol. The van der Waals surface area contributed by atoms with Crippen LogP contribution in [0.15, 0.2) is 59.2 Å². The molecule has 1 heterocycles. The third kappa shape index (κ3) is 5.63. The van der Waals surface area contributed by atoms with Crippen LogP contribution in [0.25, 0.3) is 6.08 Å². The zero-order valence-electron chi connectivity index (χ0n) is 18.7. The van der Waals surface area contributed by atoms with Gasteiger partial charge in [-0.25, -0.2) is 18.6 Å². The van der Waals surface area contributed by atoms with Crippen molar-refractivity contribution in [2.75, 3.05) is 6.61 Å². The van der Waals surface area contributed by atoms with E-state index in [1.54, 1.807) is 12.1 Å². The summed E-state index contributed by atoms with van der Waals surface area (Å²) < 4.78 is 43.8. The lowest BCUT2D eigenvalue weighted by Gasteiger charge is -2.14. The summed E-state index contributed by atoms with van der Waals surface area (Å²) in [6.45, 7) is 4.46. The number of hydrogen-bond donors (Lipinski definition) is 0. The Hall–Kier alpha value is -3.42. The van der Waals surface area contributed by atoms with Crippen LogP contribution in [0.1, 0.15) is 29.2 Å². The highest BCUT2D eigenvalue weighted by atomic mass is 35.5. The number of benzene rings is 3. The molecule has 0 radical (unpaired) electrons. The van der Waals surface area contributed by atoms with Gasteiger partial charge in [0.1, 0.15) is 6.61 Å². The van der Waals surface area contributed by atoms with Crippen LogP contribution in [0.4, 0.5) is 8.78 Å². The molecule has 0 saturated carbocycles. The maximum absolute atomic E-state index is 13.7. The third-order valence-electron chi connectivity index (χ3n) is 5.00. The maximum Gasteiger partial charge on any atom is 0.363 e. The highest BCUT2D eigenvalue weighted by molar-refractivity contribution is 6.34. The Morgan fingerprint density at radius 1 is 1.00 bits per heavy atom. The molecule has 35 heavy (non-hydrogen) atoms. The van der Waals surface area contributed by atoms with Crippen molar-refractivity contribution in [3.63, 3.8) is 0 Å². The van der Waals surface area contributed by atoms with Gasteiger partial charge in [-0.3, -0.25) is 0 Å². The van der Waals surface area contributed by atoms with Gasteiger partial charge in [0.05, 0.1) is 22.2 Å². The summed E-state index contributed by atoms with van der Waals surface area (Å²) in [6, 6.07) is 12.7. The Bertz CT molecular complexity index is 1350. The molecule has 0 aliphatic carbocycles.